The lowest BCUT2D eigenvalue weighted by molar-refractivity contribution is 0.0956. The number of halogens is 1. The summed E-state index contributed by atoms with van der Waals surface area (Å²) in [6, 6.07) is 17.5. The standard InChI is InChI=1S/C26H23ClN4O4/c1-28-25(32)21-14-20(10-11-29-21)35-19-7-4-16(5-8-19)17-12-22(30-15-17)26(33)31(2)23-13-18(27)6-9-24(23)34-3/h4-15,30H,1-3H3,(H,28,32). The minimum Gasteiger partial charge on any atom is -0.495 e. The molecule has 2 amide bonds. The maximum absolute atomic E-state index is 13.1. The third kappa shape index (κ3) is 5.28. The third-order valence-corrected chi connectivity index (χ3v) is 5.57. The second kappa shape index (κ2) is 10.3. The lowest BCUT2D eigenvalue weighted by Gasteiger charge is -2.19. The molecule has 0 spiro atoms. The van der Waals surface area contributed by atoms with Crippen molar-refractivity contribution in [2.75, 3.05) is 26.1 Å². The molecule has 0 atom stereocenters. The third-order valence-electron chi connectivity index (χ3n) is 5.33. The first-order chi connectivity index (χ1) is 16.9. The molecular weight excluding hydrogens is 468 g/mol. The van der Waals surface area contributed by atoms with E-state index in [-0.39, 0.29) is 17.5 Å². The Balaban J connectivity index is 1.49. The molecule has 2 aromatic heterocycles. The van der Waals surface area contributed by atoms with Crippen LogP contribution in [0.5, 0.6) is 17.2 Å². The molecular formula is C26H23ClN4O4. The summed E-state index contributed by atoms with van der Waals surface area (Å²) in [7, 11) is 4.75. The van der Waals surface area contributed by atoms with E-state index in [1.54, 1.807) is 63.8 Å². The molecule has 35 heavy (non-hydrogen) atoms. The number of anilines is 1. The summed E-state index contributed by atoms with van der Waals surface area (Å²) in [6.45, 7) is 0. The number of aromatic nitrogens is 2. The molecule has 2 aromatic carbocycles. The molecule has 0 bridgehead atoms. The number of carbonyl (C=O) groups excluding carboxylic acids is 2. The number of aromatic amines is 1. The van der Waals surface area contributed by atoms with Crippen molar-refractivity contribution in [1.29, 1.82) is 0 Å². The van der Waals surface area contributed by atoms with Crippen molar-refractivity contribution in [2.24, 2.45) is 0 Å². The number of amides is 2. The van der Waals surface area contributed by atoms with Gasteiger partial charge in [-0.2, -0.15) is 0 Å². The summed E-state index contributed by atoms with van der Waals surface area (Å²) in [5.74, 6) is 1.12. The topological polar surface area (TPSA) is 96.5 Å². The number of nitrogens with zero attached hydrogens (tertiary/aromatic N) is 2. The van der Waals surface area contributed by atoms with Crippen molar-refractivity contribution in [3.05, 3.63) is 89.5 Å². The van der Waals surface area contributed by atoms with Gasteiger partial charge in [-0.15, -0.1) is 0 Å². The molecule has 0 aliphatic heterocycles. The Bertz CT molecular complexity index is 1370. The van der Waals surface area contributed by atoms with Gasteiger partial charge in [-0.25, -0.2) is 0 Å². The van der Waals surface area contributed by atoms with Crippen LogP contribution in [0.4, 0.5) is 5.69 Å². The van der Waals surface area contributed by atoms with Gasteiger partial charge in [0.15, 0.2) is 0 Å². The van der Waals surface area contributed by atoms with Crippen molar-refractivity contribution >= 4 is 29.1 Å². The summed E-state index contributed by atoms with van der Waals surface area (Å²) in [6.07, 6.45) is 3.28. The van der Waals surface area contributed by atoms with Gasteiger partial charge in [0.1, 0.15) is 28.6 Å². The summed E-state index contributed by atoms with van der Waals surface area (Å²) in [5, 5.41) is 3.04. The molecule has 4 aromatic rings. The highest BCUT2D eigenvalue weighted by molar-refractivity contribution is 6.31. The monoisotopic (exact) mass is 490 g/mol. The molecule has 0 unspecified atom stereocenters. The van der Waals surface area contributed by atoms with E-state index in [1.165, 1.54) is 11.1 Å². The predicted molar refractivity (Wildman–Crippen MR) is 135 cm³/mol. The fraction of sp³-hybridized carbons (Fsp3) is 0.115. The molecule has 178 valence electrons. The Morgan fingerprint density at radius 2 is 1.77 bits per heavy atom. The summed E-state index contributed by atoms with van der Waals surface area (Å²) >= 11 is 6.11. The van der Waals surface area contributed by atoms with Gasteiger partial charge in [0.2, 0.25) is 0 Å². The highest BCUT2D eigenvalue weighted by Crippen LogP contribution is 2.32. The van der Waals surface area contributed by atoms with Crippen LogP contribution in [0.2, 0.25) is 5.02 Å². The Kier molecular flexibility index (Phi) is 7.03. The Morgan fingerprint density at radius 3 is 2.49 bits per heavy atom. The first-order valence-electron chi connectivity index (χ1n) is 10.7. The highest BCUT2D eigenvalue weighted by atomic mass is 35.5. The van der Waals surface area contributed by atoms with Gasteiger partial charge in [0.05, 0.1) is 12.8 Å². The number of carbonyl (C=O) groups is 2. The quantitative estimate of drug-likeness (QED) is 0.372. The molecule has 0 aliphatic rings. The van der Waals surface area contributed by atoms with E-state index < -0.39 is 0 Å². The van der Waals surface area contributed by atoms with E-state index in [2.05, 4.69) is 15.3 Å². The van der Waals surface area contributed by atoms with Crippen LogP contribution in [-0.2, 0) is 0 Å². The number of ether oxygens (including phenoxy) is 2. The van der Waals surface area contributed by atoms with Crippen LogP contribution in [0.15, 0.2) is 73.1 Å². The number of methoxy groups -OCH3 is 1. The van der Waals surface area contributed by atoms with E-state index in [4.69, 9.17) is 21.1 Å². The van der Waals surface area contributed by atoms with Crippen LogP contribution >= 0.6 is 11.6 Å². The normalized spacial score (nSPS) is 10.5. The molecule has 2 heterocycles. The Hall–Kier alpha value is -4.30. The molecule has 8 nitrogen and oxygen atoms in total. The van der Waals surface area contributed by atoms with E-state index in [0.29, 0.717) is 33.7 Å². The molecule has 2 N–H and O–H groups in total. The number of benzene rings is 2. The number of hydrogen-bond acceptors (Lipinski definition) is 5. The van der Waals surface area contributed by atoms with E-state index in [0.717, 1.165) is 11.1 Å². The van der Waals surface area contributed by atoms with Gasteiger partial charge in [-0.1, -0.05) is 23.7 Å². The van der Waals surface area contributed by atoms with E-state index >= 15 is 0 Å². The SMILES string of the molecule is CNC(=O)c1cc(Oc2ccc(-c3c[nH]c(C(=O)N(C)c4cc(Cl)ccc4OC)c3)cc2)ccn1. The van der Waals surface area contributed by atoms with Crippen molar-refractivity contribution in [3.8, 4) is 28.4 Å². The average Bonchev–Trinajstić information content (AvgIpc) is 3.38. The molecule has 0 fully saturated rings. The second-order valence-corrected chi connectivity index (χ2v) is 8.00. The summed E-state index contributed by atoms with van der Waals surface area (Å²) in [4.78, 5) is 33.4. The number of H-pyrrole nitrogens is 1. The van der Waals surface area contributed by atoms with Crippen LogP contribution in [0.25, 0.3) is 11.1 Å². The maximum Gasteiger partial charge on any atom is 0.274 e. The molecule has 0 saturated heterocycles. The Labute approximate surface area is 207 Å². The lowest BCUT2D eigenvalue weighted by Crippen LogP contribution is -2.26. The fourth-order valence-corrected chi connectivity index (χ4v) is 3.64. The fourth-order valence-electron chi connectivity index (χ4n) is 3.48. The van der Waals surface area contributed by atoms with Crippen LogP contribution in [-0.4, -0.2) is 43.0 Å². The number of hydrogen-bond donors (Lipinski definition) is 2. The zero-order valence-electron chi connectivity index (χ0n) is 19.3. The molecule has 0 radical (unpaired) electrons. The Morgan fingerprint density at radius 1 is 1.00 bits per heavy atom. The van der Waals surface area contributed by atoms with E-state index in [1.807, 2.05) is 24.3 Å². The number of pyridine rings is 1. The predicted octanol–water partition coefficient (Wildman–Crippen LogP) is 5.17. The zero-order valence-corrected chi connectivity index (χ0v) is 20.1. The second-order valence-electron chi connectivity index (χ2n) is 7.56. The minimum atomic E-state index is -0.289. The number of rotatable bonds is 7. The highest BCUT2D eigenvalue weighted by Gasteiger charge is 2.19. The largest absolute Gasteiger partial charge is 0.495 e. The van der Waals surface area contributed by atoms with Crippen LogP contribution in [0, 0.1) is 0 Å². The minimum absolute atomic E-state index is 0.235. The molecule has 0 aliphatic carbocycles. The van der Waals surface area contributed by atoms with Crippen molar-refractivity contribution in [2.45, 2.75) is 0 Å². The lowest BCUT2D eigenvalue weighted by atomic mass is 10.1. The van der Waals surface area contributed by atoms with Crippen LogP contribution < -0.4 is 19.7 Å². The first kappa shape index (κ1) is 23.8. The molecule has 9 heteroatoms. The summed E-state index contributed by atoms with van der Waals surface area (Å²) in [5.41, 5.74) is 3.00. The molecule has 0 saturated carbocycles. The van der Waals surface area contributed by atoms with Gasteiger partial charge >= 0.3 is 0 Å². The summed E-state index contributed by atoms with van der Waals surface area (Å²) < 4.78 is 11.2. The number of nitrogens with one attached hydrogen (secondary N) is 2. The van der Waals surface area contributed by atoms with Gasteiger partial charge in [0, 0.05) is 37.6 Å². The van der Waals surface area contributed by atoms with Crippen LogP contribution in [0.1, 0.15) is 21.0 Å². The van der Waals surface area contributed by atoms with Crippen molar-refractivity contribution in [1.82, 2.24) is 15.3 Å². The van der Waals surface area contributed by atoms with Crippen molar-refractivity contribution < 1.29 is 19.1 Å². The zero-order chi connectivity index (χ0) is 24.9. The van der Waals surface area contributed by atoms with Gasteiger partial charge < -0.3 is 24.7 Å². The molecule has 4 rings (SSSR count). The van der Waals surface area contributed by atoms with Crippen molar-refractivity contribution in [3.63, 3.8) is 0 Å². The smallest absolute Gasteiger partial charge is 0.274 e. The van der Waals surface area contributed by atoms with E-state index in [9.17, 15) is 9.59 Å². The maximum atomic E-state index is 13.1. The van der Waals surface area contributed by atoms with Gasteiger partial charge in [-0.3, -0.25) is 14.6 Å². The van der Waals surface area contributed by atoms with Gasteiger partial charge in [0.25, 0.3) is 11.8 Å². The average molecular weight is 491 g/mol. The van der Waals surface area contributed by atoms with Gasteiger partial charge in [-0.05, 0) is 53.6 Å². The van der Waals surface area contributed by atoms with Crippen LogP contribution in [0.3, 0.4) is 0 Å². The first-order valence-corrected chi connectivity index (χ1v) is 11.0.